The van der Waals surface area contributed by atoms with Crippen molar-refractivity contribution in [2.75, 3.05) is 30.3 Å². The Bertz CT molecular complexity index is 1130. The molecular weight excluding hydrogens is 481 g/mol. The minimum atomic E-state index is -4.52. The first kappa shape index (κ1) is 25.3. The van der Waals surface area contributed by atoms with E-state index in [0.29, 0.717) is 24.9 Å². The Morgan fingerprint density at radius 2 is 1.97 bits per heavy atom. The highest BCUT2D eigenvalue weighted by Gasteiger charge is 2.49. The number of nitrogens with zero attached hydrogens (tertiary/aromatic N) is 1. The van der Waals surface area contributed by atoms with E-state index in [-0.39, 0.29) is 17.2 Å². The second-order valence-electron chi connectivity index (χ2n) is 8.80. The van der Waals surface area contributed by atoms with Gasteiger partial charge in [-0.25, -0.2) is 0 Å². The zero-order valence-electron chi connectivity index (χ0n) is 19.5. The first-order valence-electron chi connectivity index (χ1n) is 11.2. The fraction of sp³-hybridized carbons (Fsp3) is 0.417. The SMILES string of the molecule is CC(=O)NC1(C2CN(C(C)C)CCO2)Nc2c(cccc2C(=O)Nc2cccc(C(F)(F)F)c2)S1. The number of alkyl halides is 3. The highest BCUT2D eigenvalue weighted by atomic mass is 32.2. The van der Waals surface area contributed by atoms with Gasteiger partial charge in [-0.05, 0) is 44.2 Å². The van der Waals surface area contributed by atoms with E-state index in [4.69, 9.17) is 4.74 Å². The van der Waals surface area contributed by atoms with Crippen LogP contribution in [0.2, 0.25) is 0 Å². The highest BCUT2D eigenvalue weighted by molar-refractivity contribution is 8.01. The Labute approximate surface area is 205 Å². The van der Waals surface area contributed by atoms with Crippen LogP contribution in [-0.4, -0.2) is 53.6 Å². The van der Waals surface area contributed by atoms with Crippen molar-refractivity contribution in [3.63, 3.8) is 0 Å². The van der Waals surface area contributed by atoms with E-state index in [9.17, 15) is 22.8 Å². The number of benzene rings is 2. The fourth-order valence-corrected chi connectivity index (χ4v) is 5.60. The molecule has 0 aromatic heterocycles. The molecule has 1 fully saturated rings. The summed E-state index contributed by atoms with van der Waals surface area (Å²) in [6.07, 6.45) is -4.94. The van der Waals surface area contributed by atoms with Gasteiger partial charge in [0.05, 0.1) is 23.4 Å². The molecule has 4 rings (SSSR count). The molecule has 2 aliphatic rings. The molecule has 0 aliphatic carbocycles. The number of hydrogen-bond donors (Lipinski definition) is 3. The second kappa shape index (κ2) is 9.71. The summed E-state index contributed by atoms with van der Waals surface area (Å²) in [4.78, 5) is 27.2. The number of carbonyl (C=O) groups excluding carboxylic acids is 2. The smallest absolute Gasteiger partial charge is 0.370 e. The Morgan fingerprint density at radius 3 is 2.66 bits per heavy atom. The molecule has 11 heteroatoms. The number of fused-ring (bicyclic) bond motifs is 1. The lowest BCUT2D eigenvalue weighted by atomic mass is 10.1. The third-order valence-corrected chi connectivity index (χ3v) is 7.29. The van der Waals surface area contributed by atoms with E-state index in [1.807, 2.05) is 6.07 Å². The predicted octanol–water partition coefficient (Wildman–Crippen LogP) is 4.37. The lowest BCUT2D eigenvalue weighted by Gasteiger charge is -2.44. The number of ether oxygens (including phenoxy) is 1. The van der Waals surface area contributed by atoms with Crippen LogP contribution in [0, 0.1) is 0 Å². The van der Waals surface area contributed by atoms with Gasteiger partial charge in [-0.15, -0.1) is 0 Å². The van der Waals surface area contributed by atoms with Gasteiger partial charge < -0.3 is 20.7 Å². The minimum absolute atomic E-state index is 0.0318. The molecule has 7 nitrogen and oxygen atoms in total. The van der Waals surface area contributed by atoms with Crippen molar-refractivity contribution in [2.24, 2.45) is 0 Å². The van der Waals surface area contributed by atoms with Crippen LogP contribution in [-0.2, 0) is 15.7 Å². The van der Waals surface area contributed by atoms with Crippen LogP contribution in [0.1, 0.15) is 36.7 Å². The first-order valence-corrected chi connectivity index (χ1v) is 12.0. The van der Waals surface area contributed by atoms with Crippen LogP contribution < -0.4 is 16.0 Å². The van der Waals surface area contributed by atoms with Gasteiger partial charge in [0.1, 0.15) is 6.10 Å². The Morgan fingerprint density at radius 1 is 1.23 bits per heavy atom. The summed E-state index contributed by atoms with van der Waals surface area (Å²) in [7, 11) is 0. The average Bonchev–Trinajstić information content (AvgIpc) is 3.17. The number of rotatable bonds is 5. The van der Waals surface area contributed by atoms with Crippen molar-refractivity contribution in [1.29, 1.82) is 0 Å². The molecule has 2 heterocycles. The molecular formula is C24H27F3N4O3S. The Kier molecular flexibility index (Phi) is 7.03. The zero-order chi connectivity index (χ0) is 25.4. The van der Waals surface area contributed by atoms with Gasteiger partial charge in [0.2, 0.25) is 5.91 Å². The Balaban J connectivity index is 1.62. The molecule has 2 unspecified atom stereocenters. The van der Waals surface area contributed by atoms with Crippen LogP contribution in [0.25, 0.3) is 0 Å². The summed E-state index contributed by atoms with van der Waals surface area (Å²) >= 11 is 1.35. The predicted molar refractivity (Wildman–Crippen MR) is 128 cm³/mol. The van der Waals surface area contributed by atoms with E-state index in [2.05, 4.69) is 34.7 Å². The Hall–Kier alpha value is -2.76. The fourth-order valence-electron chi connectivity index (χ4n) is 4.22. The first-order chi connectivity index (χ1) is 16.5. The van der Waals surface area contributed by atoms with Crippen LogP contribution in [0.4, 0.5) is 24.5 Å². The van der Waals surface area contributed by atoms with E-state index in [1.165, 1.54) is 30.8 Å². The van der Waals surface area contributed by atoms with Gasteiger partial charge in [-0.1, -0.05) is 23.9 Å². The number of morpholine rings is 1. The van der Waals surface area contributed by atoms with E-state index < -0.39 is 28.7 Å². The number of thioether (sulfide) groups is 1. The second-order valence-corrected chi connectivity index (χ2v) is 10.1. The minimum Gasteiger partial charge on any atom is -0.370 e. The summed E-state index contributed by atoms with van der Waals surface area (Å²) in [6, 6.07) is 9.86. The molecule has 188 valence electrons. The summed E-state index contributed by atoms with van der Waals surface area (Å²) in [5, 5.41) is 8.85. The standard InChI is InChI=1S/C24H27F3N4O3S/c1-14(2)31-10-11-34-20(13-31)24(29-15(3)32)30-21-18(8-5-9-19(21)35-24)22(33)28-17-7-4-6-16(12-17)23(25,26)27/h4-9,12,14,20,30H,10-11,13H2,1-3H3,(H,28,33)(H,29,32). The number of hydrogen-bond acceptors (Lipinski definition) is 6. The third-order valence-electron chi connectivity index (χ3n) is 5.94. The molecule has 2 aromatic carbocycles. The largest absolute Gasteiger partial charge is 0.416 e. The van der Waals surface area contributed by atoms with Crippen LogP contribution in [0.3, 0.4) is 0 Å². The molecule has 1 saturated heterocycles. The van der Waals surface area contributed by atoms with Gasteiger partial charge in [-0.2, -0.15) is 13.2 Å². The van der Waals surface area contributed by atoms with Crippen molar-refractivity contribution < 1.29 is 27.5 Å². The monoisotopic (exact) mass is 508 g/mol. The van der Waals surface area contributed by atoms with Gasteiger partial charge in [0.25, 0.3) is 5.91 Å². The third kappa shape index (κ3) is 5.41. The van der Waals surface area contributed by atoms with E-state index >= 15 is 0 Å². The molecule has 2 atom stereocenters. The number of carbonyl (C=O) groups is 2. The number of amides is 2. The molecule has 0 spiro atoms. The van der Waals surface area contributed by atoms with Gasteiger partial charge in [-0.3, -0.25) is 14.5 Å². The number of para-hydroxylation sites is 1. The van der Waals surface area contributed by atoms with Crippen LogP contribution >= 0.6 is 11.8 Å². The quantitative estimate of drug-likeness (QED) is 0.556. The van der Waals surface area contributed by atoms with E-state index in [1.54, 1.807) is 12.1 Å². The van der Waals surface area contributed by atoms with Gasteiger partial charge in [0.15, 0.2) is 4.99 Å². The summed E-state index contributed by atoms with van der Waals surface area (Å²) in [5.74, 6) is -0.834. The average molecular weight is 509 g/mol. The highest BCUT2D eigenvalue weighted by Crippen LogP contribution is 2.48. The lowest BCUT2D eigenvalue weighted by molar-refractivity contribution is -0.137. The van der Waals surface area contributed by atoms with Crippen molar-refractivity contribution in [3.8, 4) is 0 Å². The van der Waals surface area contributed by atoms with E-state index in [0.717, 1.165) is 23.6 Å². The summed E-state index contributed by atoms with van der Waals surface area (Å²) < 4.78 is 45.3. The molecule has 2 aliphatic heterocycles. The molecule has 35 heavy (non-hydrogen) atoms. The van der Waals surface area contributed by atoms with Gasteiger partial charge >= 0.3 is 6.18 Å². The maximum absolute atomic E-state index is 13.1. The van der Waals surface area contributed by atoms with Crippen LogP contribution in [0.15, 0.2) is 47.4 Å². The molecule has 0 bridgehead atoms. The summed E-state index contributed by atoms with van der Waals surface area (Å²) in [6.45, 7) is 7.43. The number of nitrogens with one attached hydrogen (secondary N) is 3. The maximum Gasteiger partial charge on any atom is 0.416 e. The number of anilines is 2. The van der Waals surface area contributed by atoms with Crippen molar-refractivity contribution in [3.05, 3.63) is 53.6 Å². The topological polar surface area (TPSA) is 82.7 Å². The van der Waals surface area contributed by atoms with Crippen LogP contribution in [0.5, 0.6) is 0 Å². The number of halogens is 3. The summed E-state index contributed by atoms with van der Waals surface area (Å²) in [5.41, 5.74) is -0.0855. The zero-order valence-corrected chi connectivity index (χ0v) is 20.3. The molecule has 0 radical (unpaired) electrons. The van der Waals surface area contributed by atoms with Crippen molar-refractivity contribution >= 4 is 35.0 Å². The normalized spacial score (nSPS) is 22.4. The molecule has 3 N–H and O–H groups in total. The van der Waals surface area contributed by atoms with Crippen molar-refractivity contribution in [2.45, 2.75) is 49.0 Å². The molecule has 2 amide bonds. The molecule has 0 saturated carbocycles. The molecule has 2 aromatic rings. The van der Waals surface area contributed by atoms with Crippen molar-refractivity contribution in [1.82, 2.24) is 10.2 Å². The lowest BCUT2D eigenvalue weighted by Crippen LogP contribution is -2.64. The van der Waals surface area contributed by atoms with Gasteiger partial charge in [0, 0.05) is 36.6 Å². The maximum atomic E-state index is 13.1.